The van der Waals surface area contributed by atoms with Crippen molar-refractivity contribution in [3.05, 3.63) is 70.5 Å². The van der Waals surface area contributed by atoms with Gasteiger partial charge in [0.25, 0.3) is 0 Å². The summed E-state index contributed by atoms with van der Waals surface area (Å²) in [5, 5.41) is 14.9. The molecule has 0 aliphatic rings. The molecule has 0 atom stereocenters. The lowest BCUT2D eigenvalue weighted by molar-refractivity contribution is 0.700. The van der Waals surface area contributed by atoms with Gasteiger partial charge in [-0.2, -0.15) is 9.78 Å². The van der Waals surface area contributed by atoms with E-state index in [2.05, 4.69) is 51.4 Å². The summed E-state index contributed by atoms with van der Waals surface area (Å²) in [5.74, 6) is 1.66. The number of benzene rings is 2. The first kappa shape index (κ1) is 20.4. The van der Waals surface area contributed by atoms with Crippen molar-refractivity contribution in [3.63, 3.8) is 0 Å². The molecule has 1 aromatic heterocycles. The molecule has 0 saturated heterocycles. The average Bonchev–Trinajstić information content (AvgIpc) is 3.08. The summed E-state index contributed by atoms with van der Waals surface area (Å²) in [6.07, 6.45) is 3.69. The maximum Gasteiger partial charge on any atom is 0.212 e. The zero-order valence-corrected chi connectivity index (χ0v) is 17.9. The molecule has 28 heavy (non-hydrogen) atoms. The molecule has 3 rings (SSSR count). The van der Waals surface area contributed by atoms with E-state index in [0.29, 0.717) is 0 Å². The topological polar surface area (TPSA) is 46.3 Å². The quantitative estimate of drug-likeness (QED) is 0.379. The van der Waals surface area contributed by atoms with Gasteiger partial charge in [0.2, 0.25) is 5.16 Å². The fourth-order valence-corrected chi connectivity index (χ4v) is 3.58. The van der Waals surface area contributed by atoms with Crippen molar-refractivity contribution in [3.8, 4) is 0 Å². The first-order valence-electron chi connectivity index (χ1n) is 9.20. The van der Waals surface area contributed by atoms with E-state index in [9.17, 15) is 0 Å². The maximum absolute atomic E-state index is 5.96. The second-order valence-corrected chi connectivity index (χ2v) is 7.99. The summed E-state index contributed by atoms with van der Waals surface area (Å²) >= 11 is 7.58. The molecule has 0 N–H and O–H groups in total. The molecule has 7 heteroatoms. The second kappa shape index (κ2) is 9.75. The Balaban J connectivity index is 1.77. The molecular weight excluding hydrogens is 390 g/mol. The second-order valence-electron chi connectivity index (χ2n) is 6.61. The summed E-state index contributed by atoms with van der Waals surface area (Å²) in [5.41, 5.74) is 3.38. The molecule has 0 unspecified atom stereocenters. The first-order chi connectivity index (χ1) is 13.6. The third-order valence-corrected chi connectivity index (χ3v) is 5.41. The van der Waals surface area contributed by atoms with Gasteiger partial charge in [-0.15, -0.1) is 10.2 Å². The molecule has 5 nitrogen and oxygen atoms in total. The molecule has 2 aromatic carbocycles. The van der Waals surface area contributed by atoms with E-state index in [1.165, 1.54) is 5.56 Å². The lowest BCUT2D eigenvalue weighted by atomic mass is 10.2. The van der Waals surface area contributed by atoms with Crippen LogP contribution in [-0.2, 0) is 12.2 Å². The first-order valence-corrected chi connectivity index (χ1v) is 10.6. The van der Waals surface area contributed by atoms with Gasteiger partial charge in [0.1, 0.15) is 0 Å². The van der Waals surface area contributed by atoms with E-state index in [-0.39, 0.29) is 0 Å². The monoisotopic (exact) mass is 413 g/mol. The fraction of sp³-hybridized carbons (Fsp3) is 0.286. The lowest BCUT2D eigenvalue weighted by Gasteiger charge is -2.11. The minimum Gasteiger partial charge on any atom is -0.378 e. The van der Waals surface area contributed by atoms with Gasteiger partial charge in [0, 0.05) is 37.0 Å². The van der Waals surface area contributed by atoms with Gasteiger partial charge in [-0.25, -0.2) is 0 Å². The highest BCUT2D eigenvalue weighted by Gasteiger charge is 2.11. The maximum atomic E-state index is 5.96. The van der Waals surface area contributed by atoms with Crippen LogP contribution in [0, 0.1) is 0 Å². The summed E-state index contributed by atoms with van der Waals surface area (Å²) < 4.78 is 1.85. The van der Waals surface area contributed by atoms with Gasteiger partial charge in [0.05, 0.1) is 6.21 Å². The van der Waals surface area contributed by atoms with Crippen LogP contribution >= 0.6 is 23.4 Å². The van der Waals surface area contributed by atoms with Crippen molar-refractivity contribution in [2.24, 2.45) is 5.10 Å². The van der Waals surface area contributed by atoms with Gasteiger partial charge >= 0.3 is 0 Å². The van der Waals surface area contributed by atoms with E-state index in [4.69, 9.17) is 11.6 Å². The molecule has 0 amide bonds. The highest BCUT2D eigenvalue weighted by molar-refractivity contribution is 7.98. The predicted molar refractivity (Wildman–Crippen MR) is 119 cm³/mol. The zero-order chi connectivity index (χ0) is 19.9. The Bertz CT molecular complexity index is 917. The van der Waals surface area contributed by atoms with Crippen molar-refractivity contribution >= 4 is 35.3 Å². The Labute approximate surface area is 175 Å². The van der Waals surface area contributed by atoms with Crippen LogP contribution in [0.15, 0.2) is 58.8 Å². The Morgan fingerprint density at radius 1 is 1.07 bits per heavy atom. The van der Waals surface area contributed by atoms with Crippen LogP contribution in [-0.4, -0.2) is 35.2 Å². The number of hydrogen-bond donors (Lipinski definition) is 0. The molecule has 0 bridgehead atoms. The number of nitrogens with zero attached hydrogens (tertiary/aromatic N) is 5. The molecule has 0 fully saturated rings. The average molecular weight is 414 g/mol. The largest absolute Gasteiger partial charge is 0.378 e. The van der Waals surface area contributed by atoms with Crippen LogP contribution in [0.2, 0.25) is 5.02 Å². The third-order valence-electron chi connectivity index (χ3n) is 4.16. The van der Waals surface area contributed by atoms with Crippen molar-refractivity contribution < 1.29 is 0 Å². The molecule has 146 valence electrons. The number of thioether (sulfide) groups is 1. The Morgan fingerprint density at radius 2 is 1.79 bits per heavy atom. The number of anilines is 1. The molecule has 3 aromatic rings. The molecule has 0 spiro atoms. The normalized spacial score (nSPS) is 11.3. The molecule has 0 aliphatic carbocycles. The Kier molecular flexibility index (Phi) is 7.12. The standard InChI is InChI=1S/C21H24ClN5S/c1-4-5-20-24-25-21(28-15-17-6-10-18(22)11-7-17)27(20)23-14-16-8-12-19(13-9-16)26(2)3/h6-14H,4-5,15H2,1-3H3/b23-14-. The predicted octanol–water partition coefficient (Wildman–Crippen LogP) is 5.12. The van der Waals surface area contributed by atoms with Gasteiger partial charge in [0.15, 0.2) is 5.82 Å². The van der Waals surface area contributed by atoms with Gasteiger partial charge in [-0.05, 0) is 41.8 Å². The van der Waals surface area contributed by atoms with Gasteiger partial charge in [-0.3, -0.25) is 0 Å². The summed E-state index contributed by atoms with van der Waals surface area (Å²) in [6.45, 7) is 2.13. The molecular formula is C21H24ClN5S. The van der Waals surface area contributed by atoms with E-state index >= 15 is 0 Å². The Morgan fingerprint density at radius 3 is 2.43 bits per heavy atom. The SMILES string of the molecule is CCCc1nnc(SCc2ccc(Cl)cc2)n1/N=C\c1ccc(N(C)C)cc1. The molecule has 0 radical (unpaired) electrons. The smallest absolute Gasteiger partial charge is 0.212 e. The van der Waals surface area contributed by atoms with E-state index in [1.807, 2.05) is 49.3 Å². The third kappa shape index (κ3) is 5.36. The molecule has 0 aliphatic heterocycles. The number of aryl methyl sites for hydroxylation is 1. The molecule has 0 saturated carbocycles. The zero-order valence-electron chi connectivity index (χ0n) is 16.3. The summed E-state index contributed by atoms with van der Waals surface area (Å²) in [6, 6.07) is 16.1. The minimum absolute atomic E-state index is 0.743. The summed E-state index contributed by atoms with van der Waals surface area (Å²) in [4.78, 5) is 2.07. The number of rotatable bonds is 8. The van der Waals surface area contributed by atoms with Crippen LogP contribution in [0.25, 0.3) is 0 Å². The van der Waals surface area contributed by atoms with Crippen LogP contribution in [0.4, 0.5) is 5.69 Å². The lowest BCUT2D eigenvalue weighted by Crippen LogP contribution is -2.08. The van der Waals surface area contributed by atoms with E-state index in [1.54, 1.807) is 11.8 Å². The Hall–Kier alpha value is -2.31. The van der Waals surface area contributed by atoms with Gasteiger partial charge < -0.3 is 4.90 Å². The number of halogens is 1. The van der Waals surface area contributed by atoms with Crippen LogP contribution in [0.1, 0.15) is 30.3 Å². The van der Waals surface area contributed by atoms with E-state index in [0.717, 1.165) is 45.8 Å². The van der Waals surface area contributed by atoms with Crippen LogP contribution in [0.3, 0.4) is 0 Å². The van der Waals surface area contributed by atoms with Crippen molar-refractivity contribution in [2.75, 3.05) is 19.0 Å². The van der Waals surface area contributed by atoms with Crippen LogP contribution in [0.5, 0.6) is 0 Å². The highest BCUT2D eigenvalue weighted by Crippen LogP contribution is 2.23. The van der Waals surface area contributed by atoms with Gasteiger partial charge in [-0.1, -0.05) is 54.6 Å². The van der Waals surface area contributed by atoms with Crippen molar-refractivity contribution in [1.29, 1.82) is 0 Å². The van der Waals surface area contributed by atoms with Crippen molar-refractivity contribution in [1.82, 2.24) is 14.9 Å². The van der Waals surface area contributed by atoms with E-state index < -0.39 is 0 Å². The summed E-state index contributed by atoms with van der Waals surface area (Å²) in [7, 11) is 4.06. The van der Waals surface area contributed by atoms with Crippen LogP contribution < -0.4 is 4.90 Å². The highest BCUT2D eigenvalue weighted by atomic mass is 35.5. The molecule has 1 heterocycles. The minimum atomic E-state index is 0.743. The number of hydrogen-bond acceptors (Lipinski definition) is 5. The fourth-order valence-electron chi connectivity index (χ4n) is 2.59. The van der Waals surface area contributed by atoms with Crippen molar-refractivity contribution in [2.45, 2.75) is 30.7 Å². The number of aromatic nitrogens is 3.